The average Bonchev–Trinajstić information content (AvgIpc) is 2.80. The average molecular weight is 325 g/mol. The molecule has 0 aromatic rings. The summed E-state index contributed by atoms with van der Waals surface area (Å²) in [6, 6.07) is 0.508. The first kappa shape index (κ1) is 18.6. The van der Waals surface area contributed by atoms with E-state index in [0.717, 1.165) is 38.8 Å². The fourth-order valence-corrected chi connectivity index (χ4v) is 4.16. The van der Waals surface area contributed by atoms with E-state index < -0.39 is 0 Å². The van der Waals surface area contributed by atoms with Crippen LogP contribution in [0.4, 0.5) is 4.79 Å². The number of hydrogen-bond donors (Lipinski definition) is 1. The molecule has 0 aromatic heterocycles. The van der Waals surface area contributed by atoms with Gasteiger partial charge in [-0.1, -0.05) is 46.5 Å². The van der Waals surface area contributed by atoms with Gasteiger partial charge in [-0.3, -0.25) is 0 Å². The number of hydrogen-bond acceptors (Lipinski definition) is 2. The maximum Gasteiger partial charge on any atom is 0.317 e. The first-order chi connectivity index (χ1) is 10.9. The lowest BCUT2D eigenvalue weighted by Gasteiger charge is -2.40. The van der Waals surface area contributed by atoms with Crippen molar-refractivity contribution in [3.05, 3.63) is 0 Å². The van der Waals surface area contributed by atoms with E-state index in [1.54, 1.807) is 0 Å². The number of rotatable bonds is 3. The van der Waals surface area contributed by atoms with Crippen LogP contribution in [-0.4, -0.2) is 43.3 Å². The zero-order chi connectivity index (χ0) is 16.9. The molecule has 1 aliphatic carbocycles. The molecule has 1 saturated heterocycles. The lowest BCUT2D eigenvalue weighted by molar-refractivity contribution is -0.0839. The lowest BCUT2D eigenvalue weighted by atomic mass is 9.78. The summed E-state index contributed by atoms with van der Waals surface area (Å²) in [7, 11) is 1.96. The highest BCUT2D eigenvalue weighted by Crippen LogP contribution is 2.33. The highest BCUT2D eigenvalue weighted by Gasteiger charge is 2.35. The van der Waals surface area contributed by atoms with E-state index >= 15 is 0 Å². The Balaban J connectivity index is 1.84. The summed E-state index contributed by atoms with van der Waals surface area (Å²) in [4.78, 5) is 14.5. The van der Waals surface area contributed by atoms with Gasteiger partial charge in [0.2, 0.25) is 0 Å². The summed E-state index contributed by atoms with van der Waals surface area (Å²) in [6.07, 6.45) is 9.94. The summed E-state index contributed by atoms with van der Waals surface area (Å²) in [6.45, 7) is 8.28. The molecule has 1 aliphatic heterocycles. The molecule has 0 spiro atoms. The van der Waals surface area contributed by atoms with Crippen molar-refractivity contribution in [3.8, 4) is 0 Å². The van der Waals surface area contributed by atoms with Gasteiger partial charge in [-0.25, -0.2) is 4.79 Å². The van der Waals surface area contributed by atoms with E-state index in [9.17, 15) is 4.79 Å². The Bertz CT molecular complexity index is 370. The molecule has 4 nitrogen and oxygen atoms in total. The van der Waals surface area contributed by atoms with E-state index in [2.05, 4.69) is 26.1 Å². The van der Waals surface area contributed by atoms with Gasteiger partial charge in [0.05, 0.1) is 6.10 Å². The number of ether oxygens (including phenoxy) is 1. The molecule has 2 fully saturated rings. The smallest absolute Gasteiger partial charge is 0.317 e. The minimum Gasteiger partial charge on any atom is -0.377 e. The van der Waals surface area contributed by atoms with Crippen LogP contribution in [-0.2, 0) is 4.74 Å². The first-order valence-corrected chi connectivity index (χ1v) is 9.52. The molecular weight excluding hydrogens is 288 g/mol. The zero-order valence-electron chi connectivity index (χ0n) is 15.6. The number of urea groups is 1. The summed E-state index contributed by atoms with van der Waals surface area (Å²) in [5, 5.41) is 3.18. The molecule has 2 aliphatic rings. The second-order valence-corrected chi connectivity index (χ2v) is 8.50. The third-order valence-corrected chi connectivity index (χ3v) is 5.51. The van der Waals surface area contributed by atoms with Crippen molar-refractivity contribution >= 4 is 6.03 Å². The number of nitrogens with one attached hydrogen (secondary N) is 1. The fraction of sp³-hybridized carbons (Fsp3) is 0.947. The summed E-state index contributed by atoms with van der Waals surface area (Å²) >= 11 is 0. The topological polar surface area (TPSA) is 41.6 Å². The van der Waals surface area contributed by atoms with Gasteiger partial charge in [-0.05, 0) is 31.1 Å². The molecule has 23 heavy (non-hydrogen) atoms. The Morgan fingerprint density at radius 1 is 1.09 bits per heavy atom. The quantitative estimate of drug-likeness (QED) is 0.791. The SMILES string of the molecule is CN(C(=O)NC[C@H]1CCCO[C@H]1C(C)(C)C)C1CCCCCC1. The van der Waals surface area contributed by atoms with E-state index in [1.165, 1.54) is 25.7 Å². The molecule has 0 radical (unpaired) electrons. The van der Waals surface area contributed by atoms with Crippen LogP contribution in [0.25, 0.3) is 0 Å². The number of carbonyl (C=O) groups excluding carboxylic acids is 1. The standard InChI is InChI=1S/C19H36N2O2/c1-19(2,3)17-15(10-9-13-23-17)14-20-18(22)21(4)16-11-7-5-6-8-12-16/h15-17H,5-14H2,1-4H3,(H,20,22)/t15-,17-/m1/s1. The van der Waals surface area contributed by atoms with E-state index in [0.29, 0.717) is 12.0 Å². The molecule has 2 atom stereocenters. The number of amides is 2. The van der Waals surface area contributed by atoms with Gasteiger partial charge in [0.25, 0.3) is 0 Å². The molecule has 0 aromatic carbocycles. The van der Waals surface area contributed by atoms with Crippen LogP contribution in [0, 0.1) is 11.3 Å². The van der Waals surface area contributed by atoms with Crippen molar-refractivity contribution in [2.45, 2.75) is 84.3 Å². The third-order valence-electron chi connectivity index (χ3n) is 5.51. The fourth-order valence-electron chi connectivity index (χ4n) is 4.16. The van der Waals surface area contributed by atoms with Crippen LogP contribution < -0.4 is 5.32 Å². The minimum absolute atomic E-state index is 0.0927. The van der Waals surface area contributed by atoms with Crippen LogP contribution in [0.3, 0.4) is 0 Å². The Labute approximate surface area is 142 Å². The second-order valence-electron chi connectivity index (χ2n) is 8.50. The van der Waals surface area contributed by atoms with Gasteiger partial charge in [0, 0.05) is 32.2 Å². The van der Waals surface area contributed by atoms with Crippen molar-refractivity contribution in [2.24, 2.45) is 11.3 Å². The van der Waals surface area contributed by atoms with Crippen LogP contribution in [0.5, 0.6) is 0 Å². The monoisotopic (exact) mass is 324 g/mol. The second kappa shape index (κ2) is 8.36. The van der Waals surface area contributed by atoms with E-state index in [1.807, 2.05) is 11.9 Å². The van der Waals surface area contributed by atoms with Crippen molar-refractivity contribution in [1.29, 1.82) is 0 Å². The van der Waals surface area contributed by atoms with Crippen LogP contribution >= 0.6 is 0 Å². The van der Waals surface area contributed by atoms with Crippen molar-refractivity contribution in [2.75, 3.05) is 20.2 Å². The zero-order valence-corrected chi connectivity index (χ0v) is 15.6. The Hall–Kier alpha value is -0.770. The summed E-state index contributed by atoms with van der Waals surface area (Å²) < 4.78 is 6.02. The minimum atomic E-state index is 0.0927. The molecular formula is C19H36N2O2. The molecule has 4 heteroatoms. The van der Waals surface area contributed by atoms with E-state index in [4.69, 9.17) is 4.74 Å². The van der Waals surface area contributed by atoms with Crippen molar-refractivity contribution in [1.82, 2.24) is 10.2 Å². The maximum atomic E-state index is 12.5. The molecule has 1 N–H and O–H groups in total. The van der Waals surface area contributed by atoms with Crippen molar-refractivity contribution in [3.63, 3.8) is 0 Å². The predicted octanol–water partition coefficient (Wildman–Crippen LogP) is 4.19. The highest BCUT2D eigenvalue weighted by atomic mass is 16.5. The molecule has 1 heterocycles. The van der Waals surface area contributed by atoms with Gasteiger partial charge >= 0.3 is 6.03 Å². The lowest BCUT2D eigenvalue weighted by Crippen LogP contribution is -2.49. The normalized spacial score (nSPS) is 27.3. The Morgan fingerprint density at radius 2 is 1.74 bits per heavy atom. The summed E-state index contributed by atoms with van der Waals surface area (Å²) in [5.41, 5.74) is 0.128. The molecule has 0 unspecified atom stereocenters. The van der Waals surface area contributed by atoms with Gasteiger partial charge in [0.1, 0.15) is 0 Å². The van der Waals surface area contributed by atoms with Gasteiger partial charge in [-0.2, -0.15) is 0 Å². The van der Waals surface area contributed by atoms with Crippen LogP contribution in [0.2, 0.25) is 0 Å². The predicted molar refractivity (Wildman–Crippen MR) is 94.6 cm³/mol. The van der Waals surface area contributed by atoms with Crippen molar-refractivity contribution < 1.29 is 9.53 Å². The highest BCUT2D eigenvalue weighted by molar-refractivity contribution is 5.74. The van der Waals surface area contributed by atoms with Gasteiger partial charge in [-0.15, -0.1) is 0 Å². The molecule has 2 rings (SSSR count). The molecule has 1 saturated carbocycles. The Kier molecular flexibility index (Phi) is 6.75. The van der Waals surface area contributed by atoms with E-state index in [-0.39, 0.29) is 17.6 Å². The molecule has 134 valence electrons. The third kappa shape index (κ3) is 5.37. The molecule has 2 amide bonds. The molecule has 0 bridgehead atoms. The largest absolute Gasteiger partial charge is 0.377 e. The first-order valence-electron chi connectivity index (χ1n) is 9.52. The number of carbonyl (C=O) groups is 1. The van der Waals surface area contributed by atoms with Gasteiger partial charge in [0.15, 0.2) is 0 Å². The van der Waals surface area contributed by atoms with Crippen LogP contribution in [0.15, 0.2) is 0 Å². The number of nitrogens with zero attached hydrogens (tertiary/aromatic N) is 1. The maximum absolute atomic E-state index is 12.5. The Morgan fingerprint density at radius 3 is 2.35 bits per heavy atom. The van der Waals surface area contributed by atoms with Crippen LogP contribution in [0.1, 0.15) is 72.1 Å². The summed E-state index contributed by atoms with van der Waals surface area (Å²) in [5.74, 6) is 0.426. The van der Waals surface area contributed by atoms with Gasteiger partial charge < -0.3 is 15.0 Å².